The molecule has 0 saturated carbocycles. The van der Waals surface area contributed by atoms with Crippen LogP contribution in [0.2, 0.25) is 0 Å². The van der Waals surface area contributed by atoms with Gasteiger partial charge in [-0.05, 0) is 29.8 Å². The predicted molar refractivity (Wildman–Crippen MR) is 52.8 cm³/mol. The summed E-state index contributed by atoms with van der Waals surface area (Å²) < 4.78 is 7.30. The van der Waals surface area contributed by atoms with Crippen molar-refractivity contribution >= 4 is 0 Å². The van der Waals surface area contributed by atoms with Crippen molar-refractivity contribution in [1.29, 1.82) is 0 Å². The Bertz CT molecular complexity index is 448. The van der Waals surface area contributed by atoms with Gasteiger partial charge in [0.15, 0.2) is 0 Å². The summed E-state index contributed by atoms with van der Waals surface area (Å²) in [4.78, 5) is 0. The van der Waals surface area contributed by atoms with E-state index in [0.717, 1.165) is 24.5 Å². The largest absolute Gasteiger partial charge is 0.493 e. The quantitative estimate of drug-likeness (QED) is 0.679. The second kappa shape index (κ2) is 2.87. The normalized spacial score (nSPS) is 13.7. The van der Waals surface area contributed by atoms with Crippen molar-refractivity contribution in [3.8, 4) is 11.4 Å². The number of nitrogens with zero attached hydrogens (tertiary/aromatic N) is 2. The Morgan fingerprint density at radius 3 is 3.21 bits per heavy atom. The highest BCUT2D eigenvalue weighted by molar-refractivity contribution is 5.45. The first kappa shape index (κ1) is 7.62. The van der Waals surface area contributed by atoms with Crippen molar-refractivity contribution in [3.05, 3.63) is 42.2 Å². The topological polar surface area (TPSA) is 27.1 Å². The van der Waals surface area contributed by atoms with Gasteiger partial charge in [-0.25, -0.2) is 4.68 Å². The van der Waals surface area contributed by atoms with Gasteiger partial charge in [-0.1, -0.05) is 0 Å². The summed E-state index contributed by atoms with van der Waals surface area (Å²) in [5.74, 6) is 1.01. The van der Waals surface area contributed by atoms with Crippen LogP contribution in [0.15, 0.2) is 36.7 Å². The third-order valence-corrected chi connectivity index (χ3v) is 2.44. The lowest BCUT2D eigenvalue weighted by Crippen LogP contribution is -1.94. The SMILES string of the molecule is c1cnn(-c2ccc3c(c2)CCO3)c1. The minimum absolute atomic E-state index is 0.803. The monoisotopic (exact) mass is 186 g/mol. The van der Waals surface area contributed by atoms with E-state index in [1.807, 2.05) is 29.1 Å². The zero-order valence-electron chi connectivity index (χ0n) is 7.68. The average Bonchev–Trinajstić information content (AvgIpc) is 2.88. The van der Waals surface area contributed by atoms with Gasteiger partial charge in [0, 0.05) is 18.8 Å². The number of ether oxygens (including phenoxy) is 1. The van der Waals surface area contributed by atoms with E-state index >= 15 is 0 Å². The molecular weight excluding hydrogens is 176 g/mol. The van der Waals surface area contributed by atoms with Gasteiger partial charge in [-0.15, -0.1) is 0 Å². The maximum atomic E-state index is 5.44. The van der Waals surface area contributed by atoms with Gasteiger partial charge in [0.25, 0.3) is 0 Å². The minimum Gasteiger partial charge on any atom is -0.493 e. The molecule has 0 aliphatic carbocycles. The fourth-order valence-electron chi connectivity index (χ4n) is 1.74. The van der Waals surface area contributed by atoms with Gasteiger partial charge in [-0.2, -0.15) is 5.10 Å². The van der Waals surface area contributed by atoms with E-state index in [-0.39, 0.29) is 0 Å². The average molecular weight is 186 g/mol. The van der Waals surface area contributed by atoms with Gasteiger partial charge < -0.3 is 4.74 Å². The molecule has 0 bridgehead atoms. The summed E-state index contributed by atoms with van der Waals surface area (Å²) in [6, 6.07) is 8.09. The van der Waals surface area contributed by atoms with Crippen molar-refractivity contribution < 1.29 is 4.74 Å². The highest BCUT2D eigenvalue weighted by Gasteiger charge is 2.12. The fraction of sp³-hybridized carbons (Fsp3) is 0.182. The summed E-state index contributed by atoms with van der Waals surface area (Å²) in [6.07, 6.45) is 4.73. The highest BCUT2D eigenvalue weighted by Crippen LogP contribution is 2.26. The molecule has 0 fully saturated rings. The second-order valence-corrected chi connectivity index (χ2v) is 3.34. The molecular formula is C11H10N2O. The van der Waals surface area contributed by atoms with Gasteiger partial charge in [0.05, 0.1) is 12.3 Å². The molecule has 0 radical (unpaired) electrons. The van der Waals surface area contributed by atoms with Crippen molar-refractivity contribution in [2.75, 3.05) is 6.61 Å². The third-order valence-electron chi connectivity index (χ3n) is 2.44. The molecule has 3 nitrogen and oxygen atoms in total. The van der Waals surface area contributed by atoms with Crippen LogP contribution in [0.3, 0.4) is 0 Å². The van der Waals surface area contributed by atoms with Crippen LogP contribution in [0.25, 0.3) is 5.69 Å². The molecule has 1 aromatic heterocycles. The number of hydrogen-bond acceptors (Lipinski definition) is 2. The molecule has 3 rings (SSSR count). The summed E-state index contributed by atoms with van der Waals surface area (Å²) in [6.45, 7) is 0.803. The molecule has 1 aromatic carbocycles. The first-order valence-corrected chi connectivity index (χ1v) is 4.69. The van der Waals surface area contributed by atoms with E-state index in [1.165, 1.54) is 5.56 Å². The standard InChI is InChI=1S/C11H10N2O/c1-5-12-13(6-1)10-2-3-11-9(8-10)4-7-14-11/h1-3,5-6,8H,4,7H2. The molecule has 0 atom stereocenters. The highest BCUT2D eigenvalue weighted by atomic mass is 16.5. The molecule has 0 unspecified atom stereocenters. The van der Waals surface area contributed by atoms with Crippen LogP contribution in [0.5, 0.6) is 5.75 Å². The maximum absolute atomic E-state index is 5.44. The number of hydrogen-bond donors (Lipinski definition) is 0. The summed E-state index contributed by atoms with van der Waals surface area (Å²) >= 11 is 0. The molecule has 70 valence electrons. The lowest BCUT2D eigenvalue weighted by Gasteiger charge is -2.03. The molecule has 0 spiro atoms. The van der Waals surface area contributed by atoms with E-state index in [9.17, 15) is 0 Å². The number of benzene rings is 1. The molecule has 2 aromatic rings. The molecule has 1 aliphatic heterocycles. The molecule has 14 heavy (non-hydrogen) atoms. The third kappa shape index (κ3) is 1.09. The first-order chi connectivity index (χ1) is 6.93. The first-order valence-electron chi connectivity index (χ1n) is 4.69. The fourth-order valence-corrected chi connectivity index (χ4v) is 1.74. The van der Waals surface area contributed by atoms with Crippen LogP contribution < -0.4 is 4.74 Å². The Hall–Kier alpha value is -1.77. The Kier molecular flexibility index (Phi) is 1.56. The van der Waals surface area contributed by atoms with Crippen molar-refractivity contribution in [2.24, 2.45) is 0 Å². The Morgan fingerprint density at radius 1 is 1.36 bits per heavy atom. The molecule has 0 amide bonds. The van der Waals surface area contributed by atoms with E-state index < -0.39 is 0 Å². The maximum Gasteiger partial charge on any atom is 0.122 e. The molecule has 0 saturated heterocycles. The zero-order valence-corrected chi connectivity index (χ0v) is 7.68. The van der Waals surface area contributed by atoms with Crippen molar-refractivity contribution in [2.45, 2.75) is 6.42 Å². The summed E-state index contributed by atoms with van der Waals surface area (Å²) in [7, 11) is 0. The van der Waals surface area contributed by atoms with Crippen molar-refractivity contribution in [3.63, 3.8) is 0 Å². The Morgan fingerprint density at radius 2 is 2.36 bits per heavy atom. The lowest BCUT2D eigenvalue weighted by atomic mass is 10.1. The number of aromatic nitrogens is 2. The van der Waals surface area contributed by atoms with Gasteiger partial charge >= 0.3 is 0 Å². The minimum atomic E-state index is 0.803. The smallest absolute Gasteiger partial charge is 0.122 e. The van der Waals surface area contributed by atoms with E-state index in [0.29, 0.717) is 0 Å². The van der Waals surface area contributed by atoms with E-state index in [2.05, 4.69) is 11.2 Å². The van der Waals surface area contributed by atoms with Crippen LogP contribution in [-0.4, -0.2) is 16.4 Å². The Balaban J connectivity index is 2.09. The molecule has 0 N–H and O–H groups in total. The van der Waals surface area contributed by atoms with Crippen LogP contribution in [0, 0.1) is 0 Å². The van der Waals surface area contributed by atoms with Crippen molar-refractivity contribution in [1.82, 2.24) is 9.78 Å². The van der Waals surface area contributed by atoms with Crippen LogP contribution in [0.4, 0.5) is 0 Å². The van der Waals surface area contributed by atoms with Crippen LogP contribution in [-0.2, 0) is 6.42 Å². The van der Waals surface area contributed by atoms with Crippen LogP contribution >= 0.6 is 0 Å². The molecule has 3 heteroatoms. The Labute approximate surface area is 81.9 Å². The summed E-state index contributed by atoms with van der Waals surface area (Å²) in [5.41, 5.74) is 2.37. The van der Waals surface area contributed by atoms with Crippen LogP contribution in [0.1, 0.15) is 5.56 Å². The van der Waals surface area contributed by atoms with Gasteiger partial charge in [-0.3, -0.25) is 0 Å². The van der Waals surface area contributed by atoms with Gasteiger partial charge in [0.2, 0.25) is 0 Å². The molecule has 2 heterocycles. The second-order valence-electron chi connectivity index (χ2n) is 3.34. The predicted octanol–water partition coefficient (Wildman–Crippen LogP) is 1.81. The number of rotatable bonds is 1. The lowest BCUT2D eigenvalue weighted by molar-refractivity contribution is 0.357. The molecule has 1 aliphatic rings. The summed E-state index contributed by atoms with van der Waals surface area (Å²) in [5, 5.41) is 4.19. The van der Waals surface area contributed by atoms with E-state index in [4.69, 9.17) is 4.74 Å². The number of fused-ring (bicyclic) bond motifs is 1. The van der Waals surface area contributed by atoms with E-state index in [1.54, 1.807) is 6.20 Å². The zero-order chi connectivity index (χ0) is 9.38. The van der Waals surface area contributed by atoms with Gasteiger partial charge in [0.1, 0.15) is 5.75 Å².